The molecule has 2 nitrogen and oxygen atoms in total. The summed E-state index contributed by atoms with van der Waals surface area (Å²) in [5.41, 5.74) is 2.22. The molecule has 3 saturated carbocycles. The van der Waals surface area contributed by atoms with Crippen molar-refractivity contribution in [3.63, 3.8) is 0 Å². The number of carbonyl (C=O) groups excluding carboxylic acids is 1. The molecule has 0 amide bonds. The van der Waals surface area contributed by atoms with Crippen LogP contribution in [0.2, 0.25) is 0 Å². The van der Waals surface area contributed by atoms with Gasteiger partial charge in [-0.15, -0.1) is 0 Å². The second-order valence-corrected chi connectivity index (χ2v) is 13.3. The first-order valence-corrected chi connectivity index (χ1v) is 13.3. The Hall–Kier alpha value is -0.630. The summed E-state index contributed by atoms with van der Waals surface area (Å²) in [5.74, 6) is 4.49. The number of Topliss-reactive ketones (excluding diaryl/α,β-unsaturated/α-hetero) is 1. The largest absolute Gasteiger partial charge is 0.392 e. The highest BCUT2D eigenvalue weighted by Crippen LogP contribution is 2.68. The van der Waals surface area contributed by atoms with Crippen molar-refractivity contribution in [2.75, 3.05) is 0 Å². The molecule has 0 heterocycles. The predicted octanol–water partition coefficient (Wildman–Crippen LogP) is 7.20. The Labute approximate surface area is 191 Å². The van der Waals surface area contributed by atoms with Crippen LogP contribution < -0.4 is 0 Å². The normalized spacial score (nSPS) is 44.8. The molecule has 0 aromatic rings. The molecular formula is C29H48O2. The lowest BCUT2D eigenvalue weighted by molar-refractivity contribution is -0.122. The zero-order valence-electron chi connectivity index (χ0n) is 21.3. The molecule has 3 fully saturated rings. The first-order valence-electron chi connectivity index (χ1n) is 13.3. The van der Waals surface area contributed by atoms with Gasteiger partial charge in [0.1, 0.15) is 5.78 Å². The van der Waals surface area contributed by atoms with Crippen LogP contribution in [0.25, 0.3) is 0 Å². The van der Waals surface area contributed by atoms with Gasteiger partial charge in [-0.1, -0.05) is 60.1 Å². The summed E-state index contributed by atoms with van der Waals surface area (Å²) in [7, 11) is 0. The van der Waals surface area contributed by atoms with Crippen molar-refractivity contribution in [3.8, 4) is 0 Å². The minimum atomic E-state index is -0.192. The summed E-state index contributed by atoms with van der Waals surface area (Å²) in [5, 5.41) is 10.7. The number of hydrogen-bond donors (Lipinski definition) is 1. The standard InChI is InChI=1S/C29H48O2/c1-18(2)24(30)12-8-19(3)21-10-11-22-20-9-13-25-27(4,5)26(31)15-17-29(25,7)23(20)14-16-28(21,22)6/h13,18-23,26,31H,8-12,14-17H2,1-7H3/t19-,20+,21-,22+,23+,26?,28-,29-/m1/s1. The second-order valence-electron chi connectivity index (χ2n) is 13.3. The fraction of sp³-hybridized carbons (Fsp3) is 0.897. The molecule has 0 aromatic carbocycles. The number of aliphatic hydroxyl groups is 1. The summed E-state index contributed by atoms with van der Waals surface area (Å²) in [6.45, 7) is 16.2. The number of ketones is 1. The van der Waals surface area contributed by atoms with Gasteiger partial charge in [0.25, 0.3) is 0 Å². The van der Waals surface area contributed by atoms with Crippen molar-refractivity contribution >= 4 is 5.78 Å². The van der Waals surface area contributed by atoms with Crippen LogP contribution in [0.4, 0.5) is 0 Å². The highest BCUT2D eigenvalue weighted by atomic mass is 16.3. The topological polar surface area (TPSA) is 37.3 Å². The van der Waals surface area contributed by atoms with Gasteiger partial charge in [-0.05, 0) is 91.8 Å². The molecule has 2 heteroatoms. The minimum absolute atomic E-state index is 0.0750. The molecule has 0 aliphatic heterocycles. The van der Waals surface area contributed by atoms with Crippen molar-refractivity contribution in [1.82, 2.24) is 0 Å². The molecule has 8 atom stereocenters. The molecule has 4 aliphatic carbocycles. The molecule has 31 heavy (non-hydrogen) atoms. The highest BCUT2D eigenvalue weighted by Gasteiger charge is 2.61. The highest BCUT2D eigenvalue weighted by molar-refractivity contribution is 5.80. The van der Waals surface area contributed by atoms with Crippen LogP contribution in [0, 0.1) is 51.8 Å². The third-order valence-corrected chi connectivity index (χ3v) is 11.2. The van der Waals surface area contributed by atoms with Gasteiger partial charge in [-0.25, -0.2) is 0 Å². The number of rotatable bonds is 5. The zero-order chi connectivity index (χ0) is 22.8. The molecule has 0 aromatic heterocycles. The van der Waals surface area contributed by atoms with Crippen molar-refractivity contribution < 1.29 is 9.90 Å². The van der Waals surface area contributed by atoms with Gasteiger partial charge in [0, 0.05) is 17.8 Å². The van der Waals surface area contributed by atoms with Crippen molar-refractivity contribution in [1.29, 1.82) is 0 Å². The molecule has 1 unspecified atom stereocenters. The molecule has 4 rings (SSSR count). The summed E-state index contributed by atoms with van der Waals surface area (Å²) in [4.78, 5) is 12.2. The first-order chi connectivity index (χ1) is 14.4. The molecule has 4 aliphatic rings. The number of allylic oxidation sites excluding steroid dienone is 1. The van der Waals surface area contributed by atoms with E-state index >= 15 is 0 Å². The van der Waals surface area contributed by atoms with E-state index in [9.17, 15) is 9.90 Å². The maximum absolute atomic E-state index is 12.2. The van der Waals surface area contributed by atoms with E-state index in [1.54, 1.807) is 5.57 Å². The number of carbonyl (C=O) groups is 1. The Balaban J connectivity index is 1.54. The summed E-state index contributed by atoms with van der Waals surface area (Å²) in [6, 6.07) is 0. The van der Waals surface area contributed by atoms with Crippen molar-refractivity contribution in [2.24, 2.45) is 51.8 Å². The van der Waals surface area contributed by atoms with E-state index < -0.39 is 0 Å². The summed E-state index contributed by atoms with van der Waals surface area (Å²) in [6.07, 6.45) is 13.0. The third-order valence-electron chi connectivity index (χ3n) is 11.2. The second kappa shape index (κ2) is 8.00. The Bertz CT molecular complexity index is 733. The lowest BCUT2D eigenvalue weighted by atomic mass is 9.44. The molecular weight excluding hydrogens is 380 g/mol. The Morgan fingerprint density at radius 3 is 2.42 bits per heavy atom. The monoisotopic (exact) mass is 428 g/mol. The van der Waals surface area contributed by atoms with Crippen LogP contribution in [0.5, 0.6) is 0 Å². The average Bonchev–Trinajstić information content (AvgIpc) is 3.06. The Morgan fingerprint density at radius 1 is 1.03 bits per heavy atom. The van der Waals surface area contributed by atoms with E-state index in [0.717, 1.165) is 49.4 Å². The van der Waals surface area contributed by atoms with Gasteiger partial charge in [-0.2, -0.15) is 0 Å². The third kappa shape index (κ3) is 3.58. The van der Waals surface area contributed by atoms with Crippen LogP contribution in [0.15, 0.2) is 11.6 Å². The van der Waals surface area contributed by atoms with E-state index in [2.05, 4.69) is 40.7 Å². The Kier molecular flexibility index (Phi) is 6.07. The number of aliphatic hydroxyl groups excluding tert-OH is 1. The average molecular weight is 429 g/mol. The summed E-state index contributed by atoms with van der Waals surface area (Å²) >= 11 is 0. The van der Waals surface area contributed by atoms with Crippen molar-refractivity contribution in [3.05, 3.63) is 11.6 Å². The Morgan fingerprint density at radius 2 is 1.74 bits per heavy atom. The predicted molar refractivity (Wildman–Crippen MR) is 129 cm³/mol. The SMILES string of the molecule is CC(C)C(=O)CC[C@@H](C)[C@H]1CC[C@H]2[C@@H]3CC=C4C(C)(C)C(O)CC[C@]4(C)[C@H]3CC[C@]12C. The lowest BCUT2D eigenvalue weighted by Crippen LogP contribution is -2.54. The molecule has 1 N–H and O–H groups in total. The molecule has 0 spiro atoms. The van der Waals surface area contributed by atoms with Crippen LogP contribution in [-0.2, 0) is 4.79 Å². The van der Waals surface area contributed by atoms with Crippen LogP contribution in [0.3, 0.4) is 0 Å². The van der Waals surface area contributed by atoms with Gasteiger partial charge in [0.2, 0.25) is 0 Å². The van der Waals surface area contributed by atoms with E-state index in [-0.39, 0.29) is 22.9 Å². The molecule has 0 bridgehead atoms. The van der Waals surface area contributed by atoms with Gasteiger partial charge in [0.15, 0.2) is 0 Å². The molecule has 0 saturated heterocycles. The molecule has 176 valence electrons. The van der Waals surface area contributed by atoms with Crippen LogP contribution >= 0.6 is 0 Å². The summed E-state index contributed by atoms with van der Waals surface area (Å²) < 4.78 is 0. The lowest BCUT2D eigenvalue weighted by Gasteiger charge is -2.61. The first kappa shape index (κ1) is 23.5. The fourth-order valence-electron chi connectivity index (χ4n) is 9.23. The zero-order valence-corrected chi connectivity index (χ0v) is 21.3. The van der Waals surface area contributed by atoms with Crippen molar-refractivity contribution in [2.45, 2.75) is 112 Å². The van der Waals surface area contributed by atoms with Gasteiger partial charge < -0.3 is 5.11 Å². The van der Waals surface area contributed by atoms with Crippen LogP contribution in [0.1, 0.15) is 106 Å². The smallest absolute Gasteiger partial charge is 0.135 e. The van der Waals surface area contributed by atoms with Gasteiger partial charge in [0.05, 0.1) is 6.10 Å². The van der Waals surface area contributed by atoms with E-state index in [1.807, 2.05) is 13.8 Å². The molecule has 0 radical (unpaired) electrons. The fourth-order valence-corrected chi connectivity index (χ4v) is 9.23. The number of hydrogen-bond acceptors (Lipinski definition) is 2. The quantitative estimate of drug-likeness (QED) is 0.470. The van der Waals surface area contributed by atoms with Crippen LogP contribution in [-0.4, -0.2) is 17.0 Å². The number of fused-ring (bicyclic) bond motifs is 5. The maximum atomic E-state index is 12.2. The van der Waals surface area contributed by atoms with Gasteiger partial charge in [-0.3, -0.25) is 4.79 Å². The maximum Gasteiger partial charge on any atom is 0.135 e. The van der Waals surface area contributed by atoms with E-state index in [0.29, 0.717) is 17.1 Å². The van der Waals surface area contributed by atoms with E-state index in [1.165, 1.54) is 32.1 Å². The van der Waals surface area contributed by atoms with Gasteiger partial charge >= 0.3 is 0 Å². The van der Waals surface area contributed by atoms with E-state index in [4.69, 9.17) is 0 Å². The minimum Gasteiger partial charge on any atom is -0.392 e.